The molecule has 0 bridgehead atoms. The van der Waals surface area contributed by atoms with Gasteiger partial charge in [0.15, 0.2) is 0 Å². The van der Waals surface area contributed by atoms with Crippen LogP contribution in [0, 0.1) is 0 Å². The minimum atomic E-state index is -0.554. The number of ether oxygens (including phenoxy) is 1. The summed E-state index contributed by atoms with van der Waals surface area (Å²) >= 11 is 12.7. The average molecular weight is 460 g/mol. The fourth-order valence-electron chi connectivity index (χ4n) is 2.37. The van der Waals surface area contributed by atoms with Crippen LogP contribution in [-0.2, 0) is 4.79 Å². The van der Waals surface area contributed by atoms with Crippen LogP contribution in [0.2, 0.25) is 5.02 Å². The number of fused-ring (bicyclic) bond motifs is 1. The molecule has 0 unspecified atom stereocenters. The van der Waals surface area contributed by atoms with Crippen LogP contribution < -0.4 is 9.64 Å². The third kappa shape index (κ3) is 3.16. The number of para-hydroxylation sites is 1. The molecule has 23 heavy (non-hydrogen) atoms. The molecule has 0 aromatic heterocycles. The van der Waals surface area contributed by atoms with Crippen molar-refractivity contribution in [3.63, 3.8) is 0 Å². The van der Waals surface area contributed by atoms with E-state index in [-0.39, 0.29) is 13.2 Å². The van der Waals surface area contributed by atoms with Gasteiger partial charge in [0.25, 0.3) is 11.7 Å². The van der Waals surface area contributed by atoms with Crippen LogP contribution in [0.15, 0.2) is 45.3 Å². The number of benzene rings is 2. The van der Waals surface area contributed by atoms with Crippen LogP contribution in [0.1, 0.15) is 10.4 Å². The monoisotopic (exact) mass is 457 g/mol. The molecule has 0 atom stereocenters. The normalized spacial score (nSPS) is 13.4. The van der Waals surface area contributed by atoms with Gasteiger partial charge >= 0.3 is 0 Å². The second-order valence-electron chi connectivity index (χ2n) is 4.85. The van der Waals surface area contributed by atoms with Gasteiger partial charge in [-0.2, -0.15) is 0 Å². The van der Waals surface area contributed by atoms with Crippen molar-refractivity contribution in [1.29, 1.82) is 0 Å². The fraction of sp³-hybridized carbons (Fsp3) is 0.125. The molecule has 4 nitrogen and oxygen atoms in total. The standard InChI is InChI=1S/C16H10Br2ClNO3/c17-9-7-10-14(11(18)8-9)20(16(22)15(10)21)5-6-23-13-4-2-1-3-12(13)19/h1-4,7-8H,5-6H2. The van der Waals surface area contributed by atoms with Crippen LogP contribution in [0.5, 0.6) is 5.75 Å². The van der Waals surface area contributed by atoms with E-state index in [0.717, 1.165) is 4.47 Å². The number of Topliss-reactive ketones (excluding diaryl/α,β-unsaturated/α-hetero) is 1. The number of nitrogens with zero attached hydrogens (tertiary/aromatic N) is 1. The molecule has 0 radical (unpaired) electrons. The number of ketones is 1. The Morgan fingerprint density at radius 1 is 1.13 bits per heavy atom. The molecule has 0 aliphatic carbocycles. The molecule has 0 saturated heterocycles. The summed E-state index contributed by atoms with van der Waals surface area (Å²) < 4.78 is 7.01. The SMILES string of the molecule is O=C1C(=O)N(CCOc2ccccc2Cl)c2c(Br)cc(Br)cc21. The second kappa shape index (κ2) is 6.63. The lowest BCUT2D eigenvalue weighted by Gasteiger charge is -2.18. The molecule has 0 N–H and O–H groups in total. The number of carbonyl (C=O) groups is 2. The zero-order chi connectivity index (χ0) is 16.6. The minimum Gasteiger partial charge on any atom is -0.490 e. The summed E-state index contributed by atoms with van der Waals surface area (Å²) in [5.41, 5.74) is 0.958. The number of carbonyl (C=O) groups excluding carboxylic acids is 2. The first-order valence-electron chi connectivity index (χ1n) is 6.71. The highest BCUT2D eigenvalue weighted by atomic mass is 79.9. The lowest BCUT2D eigenvalue weighted by molar-refractivity contribution is -0.114. The third-order valence-electron chi connectivity index (χ3n) is 3.39. The quantitative estimate of drug-likeness (QED) is 0.634. The van der Waals surface area contributed by atoms with Crippen molar-refractivity contribution in [1.82, 2.24) is 0 Å². The largest absolute Gasteiger partial charge is 0.490 e. The minimum absolute atomic E-state index is 0.227. The molecule has 1 amide bonds. The molecule has 0 spiro atoms. The number of rotatable bonds is 4. The maximum Gasteiger partial charge on any atom is 0.299 e. The third-order valence-corrected chi connectivity index (χ3v) is 4.77. The van der Waals surface area contributed by atoms with E-state index in [1.165, 1.54) is 4.90 Å². The zero-order valence-corrected chi connectivity index (χ0v) is 15.6. The molecule has 2 aromatic rings. The van der Waals surface area contributed by atoms with Gasteiger partial charge in [-0.25, -0.2) is 0 Å². The number of hydrogen-bond donors (Lipinski definition) is 0. The Morgan fingerprint density at radius 3 is 2.61 bits per heavy atom. The highest BCUT2D eigenvalue weighted by molar-refractivity contribution is 9.11. The number of halogens is 3. The van der Waals surface area contributed by atoms with Crippen molar-refractivity contribution >= 4 is 60.8 Å². The van der Waals surface area contributed by atoms with Gasteiger partial charge in [0.05, 0.1) is 22.8 Å². The first kappa shape index (κ1) is 16.5. The van der Waals surface area contributed by atoms with Crippen LogP contribution in [0.4, 0.5) is 5.69 Å². The lowest BCUT2D eigenvalue weighted by Crippen LogP contribution is -2.33. The molecule has 0 saturated carbocycles. The molecule has 1 aliphatic heterocycles. The maximum atomic E-state index is 12.2. The zero-order valence-electron chi connectivity index (χ0n) is 11.7. The van der Waals surface area contributed by atoms with Gasteiger partial charge in [0.1, 0.15) is 12.4 Å². The summed E-state index contributed by atoms with van der Waals surface area (Å²) in [7, 11) is 0. The molecule has 7 heteroatoms. The summed E-state index contributed by atoms with van der Waals surface area (Å²) in [6.45, 7) is 0.480. The van der Waals surface area contributed by atoms with E-state index in [9.17, 15) is 9.59 Å². The first-order valence-corrected chi connectivity index (χ1v) is 8.68. The highest BCUT2D eigenvalue weighted by Gasteiger charge is 2.37. The summed E-state index contributed by atoms with van der Waals surface area (Å²) in [5.74, 6) is -0.525. The summed E-state index contributed by atoms with van der Waals surface area (Å²) in [6.07, 6.45) is 0. The van der Waals surface area contributed by atoms with E-state index in [0.29, 0.717) is 26.5 Å². The first-order chi connectivity index (χ1) is 11.0. The van der Waals surface area contributed by atoms with Gasteiger partial charge in [0.2, 0.25) is 0 Å². The molecule has 118 valence electrons. The second-order valence-corrected chi connectivity index (χ2v) is 7.03. The molecule has 0 fully saturated rings. The van der Waals surface area contributed by atoms with E-state index in [2.05, 4.69) is 31.9 Å². The van der Waals surface area contributed by atoms with Crippen LogP contribution in [-0.4, -0.2) is 24.8 Å². The van der Waals surface area contributed by atoms with Gasteiger partial charge < -0.3 is 9.64 Å². The Bertz CT molecular complexity index is 810. The molecule has 2 aromatic carbocycles. The Kier molecular flexibility index (Phi) is 4.75. The van der Waals surface area contributed by atoms with Crippen LogP contribution in [0.25, 0.3) is 0 Å². The average Bonchev–Trinajstić information content (AvgIpc) is 2.74. The van der Waals surface area contributed by atoms with E-state index >= 15 is 0 Å². The van der Waals surface area contributed by atoms with Crippen molar-refractivity contribution in [2.75, 3.05) is 18.1 Å². The Morgan fingerprint density at radius 2 is 1.87 bits per heavy atom. The molecule has 1 aliphatic rings. The van der Waals surface area contributed by atoms with E-state index in [1.54, 1.807) is 24.3 Å². The van der Waals surface area contributed by atoms with Gasteiger partial charge in [-0.15, -0.1) is 0 Å². The summed E-state index contributed by atoms with van der Waals surface area (Å²) in [6, 6.07) is 10.5. The van der Waals surface area contributed by atoms with Crippen molar-refractivity contribution < 1.29 is 14.3 Å². The fourth-order valence-corrected chi connectivity index (χ4v) is 4.00. The van der Waals surface area contributed by atoms with Crippen LogP contribution in [0.3, 0.4) is 0 Å². The summed E-state index contributed by atoms with van der Waals surface area (Å²) in [4.78, 5) is 25.7. The number of hydrogen-bond acceptors (Lipinski definition) is 3. The molecular formula is C16H10Br2ClNO3. The maximum absolute atomic E-state index is 12.2. The Balaban J connectivity index is 1.78. The van der Waals surface area contributed by atoms with E-state index in [1.807, 2.05) is 12.1 Å². The van der Waals surface area contributed by atoms with E-state index < -0.39 is 11.7 Å². The predicted octanol–water partition coefficient (Wildman–Crippen LogP) is 4.47. The Hall–Kier alpha value is -1.37. The number of amides is 1. The lowest BCUT2D eigenvalue weighted by atomic mass is 10.1. The van der Waals surface area contributed by atoms with Crippen molar-refractivity contribution in [2.24, 2.45) is 0 Å². The van der Waals surface area contributed by atoms with Crippen molar-refractivity contribution in [3.8, 4) is 5.75 Å². The van der Waals surface area contributed by atoms with Gasteiger partial charge in [-0.3, -0.25) is 9.59 Å². The predicted molar refractivity (Wildman–Crippen MR) is 95.5 cm³/mol. The topological polar surface area (TPSA) is 46.6 Å². The smallest absolute Gasteiger partial charge is 0.299 e. The van der Waals surface area contributed by atoms with E-state index in [4.69, 9.17) is 16.3 Å². The van der Waals surface area contributed by atoms with Crippen LogP contribution >= 0.6 is 43.5 Å². The van der Waals surface area contributed by atoms with Gasteiger partial charge in [-0.1, -0.05) is 39.7 Å². The summed E-state index contributed by atoms with van der Waals surface area (Å²) in [5, 5.41) is 0.502. The van der Waals surface area contributed by atoms with Gasteiger partial charge in [-0.05, 0) is 40.2 Å². The van der Waals surface area contributed by atoms with Gasteiger partial charge in [0, 0.05) is 8.95 Å². The van der Waals surface area contributed by atoms with Crippen molar-refractivity contribution in [3.05, 3.63) is 55.9 Å². The number of anilines is 1. The molecule has 3 rings (SSSR count). The highest BCUT2D eigenvalue weighted by Crippen LogP contribution is 2.38. The molecule has 1 heterocycles. The van der Waals surface area contributed by atoms with Crippen molar-refractivity contribution in [2.45, 2.75) is 0 Å². The Labute approximate surface area is 154 Å². The molecular weight excluding hydrogens is 449 g/mol.